The maximum atomic E-state index is 11.7. The number of aromatic nitrogens is 4. The van der Waals surface area contributed by atoms with Gasteiger partial charge in [0.25, 0.3) is 0 Å². The van der Waals surface area contributed by atoms with Crippen molar-refractivity contribution in [1.82, 2.24) is 25.1 Å². The first kappa shape index (κ1) is 12.6. The third kappa shape index (κ3) is 3.29. The van der Waals surface area contributed by atoms with Crippen LogP contribution in [0, 0.1) is 6.92 Å². The van der Waals surface area contributed by atoms with Crippen LogP contribution in [0.25, 0.3) is 0 Å². The average molecular weight is 225 g/mol. The molecule has 0 radical (unpaired) electrons. The summed E-state index contributed by atoms with van der Waals surface area (Å²) in [5.41, 5.74) is 0. The molecule has 1 aromatic heterocycles. The van der Waals surface area contributed by atoms with Crippen molar-refractivity contribution < 1.29 is 4.79 Å². The van der Waals surface area contributed by atoms with Crippen LogP contribution in [-0.2, 0) is 11.3 Å². The fourth-order valence-electron chi connectivity index (χ4n) is 1.57. The molecule has 6 nitrogen and oxygen atoms in total. The Bertz CT molecular complexity index is 332. The fraction of sp³-hybridized carbons (Fsp3) is 0.800. The highest BCUT2D eigenvalue weighted by Crippen LogP contribution is 2.00. The van der Waals surface area contributed by atoms with Gasteiger partial charge in [0, 0.05) is 26.1 Å². The van der Waals surface area contributed by atoms with E-state index in [1.54, 1.807) is 4.68 Å². The lowest BCUT2D eigenvalue weighted by Crippen LogP contribution is -2.30. The summed E-state index contributed by atoms with van der Waals surface area (Å²) in [6, 6.07) is 0. The predicted octanol–water partition coefficient (Wildman–Crippen LogP) is 0.630. The van der Waals surface area contributed by atoms with Gasteiger partial charge in [-0.3, -0.25) is 4.79 Å². The molecule has 0 saturated heterocycles. The summed E-state index contributed by atoms with van der Waals surface area (Å²) in [6.07, 6.45) is 1.34. The standard InChI is InChI=1S/C10H19N5O/c1-4-14(5-2)10(16)7-6-8-15-9(3)11-12-13-15/h4-8H2,1-3H3. The summed E-state index contributed by atoms with van der Waals surface area (Å²) in [6.45, 7) is 8.09. The Morgan fingerprint density at radius 1 is 1.38 bits per heavy atom. The second-order valence-corrected chi connectivity index (χ2v) is 3.62. The minimum Gasteiger partial charge on any atom is -0.343 e. The van der Waals surface area contributed by atoms with Crippen LogP contribution in [0.15, 0.2) is 0 Å². The van der Waals surface area contributed by atoms with Gasteiger partial charge in [0.2, 0.25) is 5.91 Å². The molecule has 0 unspecified atom stereocenters. The van der Waals surface area contributed by atoms with Crippen LogP contribution < -0.4 is 0 Å². The number of rotatable bonds is 6. The largest absolute Gasteiger partial charge is 0.343 e. The Kier molecular flexibility index (Phi) is 4.88. The van der Waals surface area contributed by atoms with Crippen LogP contribution in [0.5, 0.6) is 0 Å². The summed E-state index contributed by atoms with van der Waals surface area (Å²) in [5.74, 6) is 0.992. The topological polar surface area (TPSA) is 63.9 Å². The second-order valence-electron chi connectivity index (χ2n) is 3.62. The number of nitrogens with zero attached hydrogens (tertiary/aromatic N) is 5. The highest BCUT2D eigenvalue weighted by Gasteiger charge is 2.09. The number of aryl methyl sites for hydroxylation is 2. The zero-order valence-electron chi connectivity index (χ0n) is 10.2. The van der Waals surface area contributed by atoms with Crippen molar-refractivity contribution >= 4 is 5.91 Å². The molecule has 0 spiro atoms. The number of carbonyl (C=O) groups excluding carboxylic acids is 1. The molecule has 0 fully saturated rings. The van der Waals surface area contributed by atoms with Crippen molar-refractivity contribution in [2.24, 2.45) is 0 Å². The Hall–Kier alpha value is -1.46. The number of hydrogen-bond donors (Lipinski definition) is 0. The number of tetrazole rings is 1. The van der Waals surface area contributed by atoms with E-state index in [4.69, 9.17) is 0 Å². The van der Waals surface area contributed by atoms with Crippen LogP contribution >= 0.6 is 0 Å². The SMILES string of the molecule is CCN(CC)C(=O)CCCn1nnnc1C. The van der Waals surface area contributed by atoms with Crippen LogP contribution in [-0.4, -0.2) is 44.1 Å². The molecule has 0 N–H and O–H groups in total. The van der Waals surface area contributed by atoms with Gasteiger partial charge in [-0.15, -0.1) is 5.10 Å². The number of hydrogen-bond acceptors (Lipinski definition) is 4. The lowest BCUT2D eigenvalue weighted by Gasteiger charge is -2.18. The van der Waals surface area contributed by atoms with Gasteiger partial charge in [-0.2, -0.15) is 0 Å². The molecule has 0 atom stereocenters. The van der Waals surface area contributed by atoms with E-state index in [9.17, 15) is 4.79 Å². The van der Waals surface area contributed by atoms with Crippen LogP contribution in [0.4, 0.5) is 0 Å². The number of amides is 1. The lowest BCUT2D eigenvalue weighted by atomic mass is 10.2. The molecular weight excluding hydrogens is 206 g/mol. The number of carbonyl (C=O) groups is 1. The van der Waals surface area contributed by atoms with Crippen molar-refractivity contribution in [2.75, 3.05) is 13.1 Å². The van der Waals surface area contributed by atoms with E-state index in [1.807, 2.05) is 25.7 Å². The fourth-order valence-corrected chi connectivity index (χ4v) is 1.57. The summed E-state index contributed by atoms with van der Waals surface area (Å²) in [7, 11) is 0. The quantitative estimate of drug-likeness (QED) is 0.712. The Morgan fingerprint density at radius 3 is 2.56 bits per heavy atom. The van der Waals surface area contributed by atoms with E-state index in [-0.39, 0.29) is 5.91 Å². The van der Waals surface area contributed by atoms with Gasteiger partial charge in [0.05, 0.1) is 0 Å². The summed E-state index contributed by atoms with van der Waals surface area (Å²) in [5, 5.41) is 11.2. The van der Waals surface area contributed by atoms with Crippen molar-refractivity contribution in [3.8, 4) is 0 Å². The van der Waals surface area contributed by atoms with Crippen LogP contribution in [0.2, 0.25) is 0 Å². The first-order chi connectivity index (χ1) is 7.69. The predicted molar refractivity (Wildman–Crippen MR) is 59.7 cm³/mol. The van der Waals surface area contributed by atoms with E-state index in [1.165, 1.54) is 0 Å². The zero-order valence-corrected chi connectivity index (χ0v) is 10.2. The highest BCUT2D eigenvalue weighted by molar-refractivity contribution is 5.75. The van der Waals surface area contributed by atoms with Gasteiger partial charge >= 0.3 is 0 Å². The molecular formula is C10H19N5O. The first-order valence-corrected chi connectivity index (χ1v) is 5.69. The Morgan fingerprint density at radius 2 is 2.06 bits per heavy atom. The van der Waals surface area contributed by atoms with Crippen LogP contribution in [0.3, 0.4) is 0 Å². The molecule has 1 amide bonds. The van der Waals surface area contributed by atoms with E-state index >= 15 is 0 Å². The van der Waals surface area contributed by atoms with E-state index in [0.717, 1.165) is 25.3 Å². The molecule has 0 bridgehead atoms. The van der Waals surface area contributed by atoms with Gasteiger partial charge in [0.15, 0.2) is 0 Å². The van der Waals surface area contributed by atoms with E-state index in [0.29, 0.717) is 13.0 Å². The lowest BCUT2D eigenvalue weighted by molar-refractivity contribution is -0.130. The molecule has 1 heterocycles. The molecule has 0 aliphatic rings. The molecule has 0 saturated carbocycles. The van der Waals surface area contributed by atoms with Gasteiger partial charge < -0.3 is 4.90 Å². The molecule has 90 valence electrons. The minimum absolute atomic E-state index is 0.204. The van der Waals surface area contributed by atoms with Crippen molar-refractivity contribution in [2.45, 2.75) is 40.2 Å². The minimum atomic E-state index is 0.204. The highest BCUT2D eigenvalue weighted by atomic mass is 16.2. The Balaban J connectivity index is 2.30. The molecule has 0 aromatic carbocycles. The van der Waals surface area contributed by atoms with E-state index in [2.05, 4.69) is 15.5 Å². The van der Waals surface area contributed by atoms with Gasteiger partial charge in [-0.25, -0.2) is 4.68 Å². The third-order valence-electron chi connectivity index (χ3n) is 2.59. The second kappa shape index (κ2) is 6.19. The molecule has 1 aromatic rings. The molecule has 0 aliphatic carbocycles. The maximum absolute atomic E-state index is 11.7. The average Bonchev–Trinajstić information content (AvgIpc) is 2.66. The zero-order chi connectivity index (χ0) is 12.0. The normalized spacial score (nSPS) is 10.4. The van der Waals surface area contributed by atoms with Gasteiger partial charge in [-0.05, 0) is 37.6 Å². The summed E-state index contributed by atoms with van der Waals surface area (Å²) < 4.78 is 1.72. The molecule has 0 aliphatic heterocycles. The van der Waals surface area contributed by atoms with Gasteiger partial charge in [-0.1, -0.05) is 0 Å². The molecule has 16 heavy (non-hydrogen) atoms. The van der Waals surface area contributed by atoms with E-state index < -0.39 is 0 Å². The van der Waals surface area contributed by atoms with Gasteiger partial charge in [0.1, 0.15) is 5.82 Å². The maximum Gasteiger partial charge on any atom is 0.222 e. The third-order valence-corrected chi connectivity index (χ3v) is 2.59. The summed E-state index contributed by atoms with van der Waals surface area (Å²) >= 11 is 0. The smallest absolute Gasteiger partial charge is 0.222 e. The molecule has 1 rings (SSSR count). The van der Waals surface area contributed by atoms with Crippen molar-refractivity contribution in [3.63, 3.8) is 0 Å². The Labute approximate surface area is 95.6 Å². The first-order valence-electron chi connectivity index (χ1n) is 5.69. The van der Waals surface area contributed by atoms with Crippen molar-refractivity contribution in [1.29, 1.82) is 0 Å². The summed E-state index contributed by atoms with van der Waals surface area (Å²) in [4.78, 5) is 13.5. The van der Waals surface area contributed by atoms with Crippen molar-refractivity contribution in [3.05, 3.63) is 5.82 Å². The molecule has 6 heteroatoms. The monoisotopic (exact) mass is 225 g/mol. The van der Waals surface area contributed by atoms with Crippen LogP contribution in [0.1, 0.15) is 32.5 Å².